The van der Waals surface area contributed by atoms with Crippen molar-refractivity contribution in [3.05, 3.63) is 138 Å². The van der Waals surface area contributed by atoms with Gasteiger partial charge in [-0.1, -0.05) is 103 Å². The van der Waals surface area contributed by atoms with Gasteiger partial charge in [-0.3, -0.25) is 9.59 Å². The van der Waals surface area contributed by atoms with Crippen molar-refractivity contribution in [2.75, 3.05) is 26.8 Å². The summed E-state index contributed by atoms with van der Waals surface area (Å²) < 4.78 is 11.1. The van der Waals surface area contributed by atoms with Gasteiger partial charge in [-0.15, -0.1) is 0 Å². The number of fused-ring (bicyclic) bond motifs is 3. The summed E-state index contributed by atoms with van der Waals surface area (Å²) in [7, 11) is 1.28. The standard InChI is InChI=1S/C47H44N8O5/c1-59-47(58)53-41(32-13-6-3-7-14-32)46(57)55-25-10-16-38(55)44-50-35-23-26-60-39-27-33(21-22-34(39)42(35)52-44)29-17-19-30(20-18-29)36-28-49-43(51-36)37-15-8-9-24-54(37)45(56)40(48)31-11-4-2-5-12-31/h2-7,11-14,17-22,27-28,37-38,40-41H,9-10,16,23-26,48H2,1H3,(H,49,51)(H,50,52)(H,53,58)/t37-,38-,40+,41+/m0/s1. The molecule has 3 aliphatic rings. The van der Waals surface area contributed by atoms with E-state index in [0.717, 1.165) is 69.3 Å². The summed E-state index contributed by atoms with van der Waals surface area (Å²) in [6.45, 7) is 1.48. The normalized spacial score (nSPS) is 17.8. The zero-order valence-corrected chi connectivity index (χ0v) is 33.1. The van der Waals surface area contributed by atoms with Crippen LogP contribution in [0.4, 0.5) is 4.79 Å². The van der Waals surface area contributed by atoms with Crippen molar-refractivity contribution in [3.63, 3.8) is 0 Å². The van der Waals surface area contributed by atoms with Gasteiger partial charge in [-0.05, 0) is 52.8 Å². The minimum absolute atomic E-state index is 0.188. The molecule has 0 saturated carbocycles. The summed E-state index contributed by atoms with van der Waals surface area (Å²) >= 11 is 0. The van der Waals surface area contributed by atoms with Crippen LogP contribution in [0, 0.1) is 11.8 Å². The number of carbonyl (C=O) groups is 3. The Bertz CT molecular complexity index is 2590. The van der Waals surface area contributed by atoms with Crippen molar-refractivity contribution in [3.8, 4) is 51.2 Å². The fraction of sp³-hybridized carbons (Fsp3) is 0.255. The van der Waals surface area contributed by atoms with Crippen molar-refractivity contribution in [1.82, 2.24) is 35.1 Å². The molecular weight excluding hydrogens is 757 g/mol. The quantitative estimate of drug-likeness (QED) is 0.116. The highest BCUT2D eigenvalue weighted by Gasteiger charge is 2.38. The Morgan fingerprint density at radius 2 is 1.60 bits per heavy atom. The van der Waals surface area contributed by atoms with Gasteiger partial charge < -0.3 is 40.3 Å². The van der Waals surface area contributed by atoms with Crippen LogP contribution in [-0.2, 0) is 20.7 Å². The molecule has 6 aromatic rings. The number of nitrogens with zero attached hydrogens (tertiary/aromatic N) is 4. The van der Waals surface area contributed by atoms with Gasteiger partial charge in [0.2, 0.25) is 5.91 Å². The summed E-state index contributed by atoms with van der Waals surface area (Å²) in [5, 5.41) is 2.73. The van der Waals surface area contributed by atoms with Crippen LogP contribution < -0.4 is 15.8 Å². The largest absolute Gasteiger partial charge is 0.492 e. The number of ether oxygens (including phenoxy) is 2. The van der Waals surface area contributed by atoms with Crippen LogP contribution in [0.25, 0.3) is 33.6 Å². The molecule has 60 heavy (non-hydrogen) atoms. The maximum Gasteiger partial charge on any atom is 0.407 e. The first kappa shape index (κ1) is 38.4. The number of H-pyrrole nitrogens is 2. The number of hydrogen-bond donors (Lipinski definition) is 4. The molecule has 1 fully saturated rings. The maximum atomic E-state index is 14.1. The zero-order chi connectivity index (χ0) is 41.2. The number of nitrogens with two attached hydrogens (primary N) is 1. The van der Waals surface area contributed by atoms with Gasteiger partial charge in [0.25, 0.3) is 5.91 Å². The number of aromatic amines is 2. The first-order valence-corrected chi connectivity index (χ1v) is 20.2. The van der Waals surface area contributed by atoms with E-state index >= 15 is 0 Å². The fourth-order valence-corrected chi connectivity index (χ4v) is 8.31. The van der Waals surface area contributed by atoms with Gasteiger partial charge >= 0.3 is 6.09 Å². The summed E-state index contributed by atoms with van der Waals surface area (Å²) in [6.07, 6.45) is 3.86. The number of carbonyl (C=O) groups excluding carboxylic acids is 3. The molecule has 2 aromatic heterocycles. The highest BCUT2D eigenvalue weighted by molar-refractivity contribution is 5.88. The minimum atomic E-state index is -0.893. The van der Waals surface area contributed by atoms with Crippen molar-refractivity contribution < 1.29 is 23.9 Å². The number of hydrogen-bond acceptors (Lipinski definition) is 8. The van der Waals surface area contributed by atoms with E-state index in [1.165, 1.54) is 7.11 Å². The first-order chi connectivity index (χ1) is 29.4. The molecule has 13 nitrogen and oxygen atoms in total. The van der Waals surface area contributed by atoms with Crippen LogP contribution in [0.15, 0.2) is 109 Å². The molecule has 302 valence electrons. The molecule has 9 rings (SSSR count). The second kappa shape index (κ2) is 16.6. The lowest BCUT2D eigenvalue weighted by Gasteiger charge is -2.31. The second-order valence-electron chi connectivity index (χ2n) is 15.1. The van der Waals surface area contributed by atoms with Gasteiger partial charge in [-0.2, -0.15) is 0 Å². The van der Waals surface area contributed by atoms with Crippen molar-refractivity contribution in [2.24, 2.45) is 5.73 Å². The third-order valence-electron chi connectivity index (χ3n) is 11.4. The Labute approximate surface area is 347 Å². The number of methoxy groups -OCH3 is 1. The monoisotopic (exact) mass is 800 g/mol. The number of likely N-dealkylation sites (tertiary alicyclic amines) is 1. The highest BCUT2D eigenvalue weighted by atomic mass is 16.5. The molecule has 3 aliphatic heterocycles. The molecule has 4 aromatic carbocycles. The Kier molecular flexibility index (Phi) is 10.6. The Hall–Kier alpha value is -7.17. The molecule has 0 aliphatic carbocycles. The van der Waals surface area contributed by atoms with Gasteiger partial charge in [0, 0.05) is 37.2 Å². The molecule has 5 N–H and O–H groups in total. The predicted octanol–water partition coefficient (Wildman–Crippen LogP) is 6.81. The Morgan fingerprint density at radius 1 is 0.867 bits per heavy atom. The predicted molar refractivity (Wildman–Crippen MR) is 225 cm³/mol. The zero-order valence-electron chi connectivity index (χ0n) is 33.1. The van der Waals surface area contributed by atoms with E-state index in [1.807, 2.05) is 89.8 Å². The summed E-state index contributed by atoms with van der Waals surface area (Å²) in [6, 6.07) is 30.4. The lowest BCUT2D eigenvalue weighted by atomic mass is 9.99. The number of rotatable bonds is 9. The van der Waals surface area contributed by atoms with Crippen molar-refractivity contribution in [1.29, 1.82) is 0 Å². The van der Waals surface area contributed by atoms with Crippen molar-refractivity contribution >= 4 is 17.9 Å². The number of aromatic nitrogens is 4. The van der Waals surface area contributed by atoms with E-state index in [-0.39, 0.29) is 17.9 Å². The average Bonchev–Trinajstić information content (AvgIpc) is 4.07. The van der Waals surface area contributed by atoms with Crippen LogP contribution >= 0.6 is 0 Å². The van der Waals surface area contributed by atoms with Crippen LogP contribution in [0.3, 0.4) is 0 Å². The van der Waals surface area contributed by atoms with Gasteiger partial charge in [-0.25, -0.2) is 14.8 Å². The lowest BCUT2D eigenvalue weighted by molar-refractivity contribution is -0.135. The SMILES string of the molecule is COC(=O)N[C@@H](C(=O)N1CCC[C@H]1c1nc2c([nH]1)CCOc1cc(-c3ccc(-c4cnc([C@@H]5C#CCCN5C(=O)[C@H](N)c5ccccc5)[nH]4)cc3)ccc1-2)c1ccccc1. The molecule has 5 heterocycles. The number of alkyl carbamates (subject to hydrolysis) is 1. The first-order valence-electron chi connectivity index (χ1n) is 20.2. The average molecular weight is 801 g/mol. The molecule has 0 radical (unpaired) electrons. The molecule has 13 heteroatoms. The molecule has 1 saturated heterocycles. The Morgan fingerprint density at radius 3 is 2.37 bits per heavy atom. The van der Waals surface area contributed by atoms with E-state index < -0.39 is 24.2 Å². The second-order valence-corrected chi connectivity index (χ2v) is 15.1. The smallest absolute Gasteiger partial charge is 0.407 e. The Balaban J connectivity index is 0.918. The van der Waals surface area contributed by atoms with E-state index in [2.05, 4.69) is 50.3 Å². The molecular formula is C47H44N8O5. The summed E-state index contributed by atoms with van der Waals surface area (Å²) in [4.78, 5) is 60.2. The third-order valence-corrected chi connectivity index (χ3v) is 11.4. The number of nitrogens with one attached hydrogen (secondary N) is 3. The lowest BCUT2D eigenvalue weighted by Crippen LogP contribution is -2.42. The number of amides is 3. The molecule has 0 unspecified atom stereocenters. The van der Waals surface area contributed by atoms with Gasteiger partial charge in [0.05, 0.1) is 37.3 Å². The van der Waals surface area contributed by atoms with Crippen molar-refractivity contribution in [2.45, 2.75) is 49.9 Å². The highest BCUT2D eigenvalue weighted by Crippen LogP contribution is 2.40. The summed E-state index contributed by atoms with van der Waals surface area (Å²) in [5.74, 6) is 7.99. The maximum absolute atomic E-state index is 14.1. The van der Waals surface area contributed by atoms with Crippen LogP contribution in [0.5, 0.6) is 5.75 Å². The summed E-state index contributed by atoms with van der Waals surface area (Å²) in [5.41, 5.74) is 14.2. The molecule has 3 amide bonds. The van der Waals surface area contributed by atoms with Crippen LogP contribution in [-0.4, -0.2) is 74.4 Å². The van der Waals surface area contributed by atoms with Gasteiger partial charge in [0.15, 0.2) is 6.04 Å². The number of imidazole rings is 2. The van der Waals surface area contributed by atoms with E-state index in [4.69, 9.17) is 20.2 Å². The topological polar surface area (TPSA) is 172 Å². The van der Waals surface area contributed by atoms with Crippen LogP contribution in [0.1, 0.15) is 71.9 Å². The fourth-order valence-electron chi connectivity index (χ4n) is 8.31. The molecule has 0 bridgehead atoms. The van der Waals surface area contributed by atoms with E-state index in [0.29, 0.717) is 43.9 Å². The van der Waals surface area contributed by atoms with Crippen LogP contribution in [0.2, 0.25) is 0 Å². The molecule has 4 atom stereocenters. The minimum Gasteiger partial charge on any atom is -0.492 e. The third kappa shape index (κ3) is 7.49. The van der Waals surface area contributed by atoms with E-state index in [9.17, 15) is 14.4 Å². The van der Waals surface area contributed by atoms with Gasteiger partial charge in [0.1, 0.15) is 29.5 Å². The number of benzene rings is 4. The van der Waals surface area contributed by atoms with E-state index in [1.54, 1.807) is 11.1 Å². The molecule has 0 spiro atoms.